The van der Waals surface area contributed by atoms with Gasteiger partial charge < -0.3 is 10.6 Å². The van der Waals surface area contributed by atoms with Crippen molar-refractivity contribution in [1.82, 2.24) is 5.32 Å². The fourth-order valence-electron chi connectivity index (χ4n) is 1.72. The maximum absolute atomic E-state index is 11.9. The molecule has 0 atom stereocenters. The summed E-state index contributed by atoms with van der Waals surface area (Å²) in [4.78, 5) is 24.2. The molecule has 110 valence electrons. The van der Waals surface area contributed by atoms with E-state index in [9.17, 15) is 9.59 Å². The molecule has 2 amide bonds. The van der Waals surface area contributed by atoms with E-state index in [1.807, 2.05) is 49.6 Å². The van der Waals surface area contributed by atoms with Crippen LogP contribution in [0.2, 0.25) is 0 Å². The summed E-state index contributed by atoms with van der Waals surface area (Å²) in [7, 11) is 0. The van der Waals surface area contributed by atoms with E-state index < -0.39 is 0 Å². The van der Waals surface area contributed by atoms with Crippen LogP contribution in [0.1, 0.15) is 29.1 Å². The van der Waals surface area contributed by atoms with E-state index in [1.165, 1.54) is 11.3 Å². The second kappa shape index (κ2) is 7.04. The molecular formula is C16H18N2O2S. The van der Waals surface area contributed by atoms with Crippen molar-refractivity contribution in [2.24, 2.45) is 5.92 Å². The van der Waals surface area contributed by atoms with Gasteiger partial charge in [-0.2, -0.15) is 0 Å². The van der Waals surface area contributed by atoms with Crippen molar-refractivity contribution in [3.63, 3.8) is 0 Å². The van der Waals surface area contributed by atoms with E-state index in [0.717, 1.165) is 11.3 Å². The molecule has 2 aromatic rings. The molecule has 0 unspecified atom stereocenters. The number of nitrogens with one attached hydrogen (secondary N) is 2. The number of anilines is 1. The largest absolute Gasteiger partial charge is 0.347 e. The lowest BCUT2D eigenvalue weighted by molar-refractivity contribution is -0.118. The van der Waals surface area contributed by atoms with Crippen LogP contribution in [-0.4, -0.2) is 11.8 Å². The monoisotopic (exact) mass is 302 g/mol. The molecular weight excluding hydrogens is 284 g/mol. The molecule has 0 radical (unpaired) electrons. The first-order valence-electron chi connectivity index (χ1n) is 6.78. The Morgan fingerprint density at radius 3 is 2.67 bits per heavy atom. The number of carbonyl (C=O) groups excluding carboxylic acids is 2. The summed E-state index contributed by atoms with van der Waals surface area (Å²) in [5.74, 6) is -0.163. The second-order valence-corrected chi connectivity index (χ2v) is 5.95. The average molecular weight is 302 g/mol. The molecule has 0 bridgehead atoms. The standard InChI is InChI=1S/C16H18N2O2S/c1-11(2)15(19)18-13-6-3-5-12(9-13)10-17-16(20)14-7-4-8-21-14/h3-9,11H,10H2,1-2H3,(H,17,20)(H,18,19). The molecule has 0 aliphatic carbocycles. The lowest BCUT2D eigenvalue weighted by Crippen LogP contribution is -2.22. The van der Waals surface area contributed by atoms with E-state index in [4.69, 9.17) is 0 Å². The predicted octanol–water partition coefficient (Wildman–Crippen LogP) is 3.27. The van der Waals surface area contributed by atoms with Gasteiger partial charge in [-0.3, -0.25) is 9.59 Å². The molecule has 21 heavy (non-hydrogen) atoms. The van der Waals surface area contributed by atoms with Gasteiger partial charge in [0, 0.05) is 18.2 Å². The zero-order chi connectivity index (χ0) is 15.2. The lowest BCUT2D eigenvalue weighted by atomic mass is 10.1. The number of rotatable bonds is 5. The van der Waals surface area contributed by atoms with Crippen LogP contribution in [-0.2, 0) is 11.3 Å². The van der Waals surface area contributed by atoms with Gasteiger partial charge in [-0.25, -0.2) is 0 Å². The van der Waals surface area contributed by atoms with E-state index in [1.54, 1.807) is 6.07 Å². The Balaban J connectivity index is 1.95. The van der Waals surface area contributed by atoms with Crippen molar-refractivity contribution >= 4 is 28.8 Å². The number of carbonyl (C=O) groups is 2. The summed E-state index contributed by atoms with van der Waals surface area (Å²) in [6, 6.07) is 11.1. The summed E-state index contributed by atoms with van der Waals surface area (Å²) >= 11 is 1.41. The molecule has 2 rings (SSSR count). The minimum Gasteiger partial charge on any atom is -0.347 e. The number of thiophene rings is 1. The van der Waals surface area contributed by atoms with Gasteiger partial charge in [0.1, 0.15) is 0 Å². The Bertz CT molecular complexity index is 621. The van der Waals surface area contributed by atoms with Crippen LogP contribution in [0, 0.1) is 5.92 Å². The SMILES string of the molecule is CC(C)C(=O)Nc1cccc(CNC(=O)c2cccs2)c1. The van der Waals surface area contributed by atoms with Gasteiger partial charge in [-0.15, -0.1) is 11.3 Å². The molecule has 0 spiro atoms. The molecule has 0 saturated heterocycles. The second-order valence-electron chi connectivity index (χ2n) is 5.00. The molecule has 0 saturated carbocycles. The first kappa shape index (κ1) is 15.3. The molecule has 0 aliphatic rings. The minimum atomic E-state index is -0.0818. The summed E-state index contributed by atoms with van der Waals surface area (Å²) in [6.07, 6.45) is 0. The number of hydrogen-bond donors (Lipinski definition) is 2. The Morgan fingerprint density at radius 2 is 2.00 bits per heavy atom. The van der Waals surface area contributed by atoms with Crippen LogP contribution in [0.15, 0.2) is 41.8 Å². The van der Waals surface area contributed by atoms with Gasteiger partial charge in [-0.05, 0) is 29.1 Å². The van der Waals surface area contributed by atoms with Gasteiger partial charge in [-0.1, -0.05) is 32.0 Å². The Hall–Kier alpha value is -2.14. The lowest BCUT2D eigenvalue weighted by Gasteiger charge is -2.09. The number of amides is 2. The maximum Gasteiger partial charge on any atom is 0.261 e. The highest BCUT2D eigenvalue weighted by Crippen LogP contribution is 2.13. The third-order valence-electron chi connectivity index (χ3n) is 2.92. The highest BCUT2D eigenvalue weighted by Gasteiger charge is 2.08. The first-order chi connectivity index (χ1) is 10.1. The van der Waals surface area contributed by atoms with Crippen LogP contribution in [0.5, 0.6) is 0 Å². The topological polar surface area (TPSA) is 58.2 Å². The van der Waals surface area contributed by atoms with E-state index >= 15 is 0 Å². The number of benzene rings is 1. The smallest absolute Gasteiger partial charge is 0.261 e. The summed E-state index contributed by atoms with van der Waals surface area (Å²) in [5, 5.41) is 7.58. The third-order valence-corrected chi connectivity index (χ3v) is 3.79. The molecule has 1 aromatic heterocycles. The third kappa shape index (κ3) is 4.43. The molecule has 0 fully saturated rings. The average Bonchev–Trinajstić information content (AvgIpc) is 2.99. The zero-order valence-corrected chi connectivity index (χ0v) is 12.9. The Kier molecular flexibility index (Phi) is 5.11. The first-order valence-corrected chi connectivity index (χ1v) is 7.65. The van der Waals surface area contributed by atoms with Crippen LogP contribution < -0.4 is 10.6 Å². The van der Waals surface area contributed by atoms with Gasteiger partial charge >= 0.3 is 0 Å². The Morgan fingerprint density at radius 1 is 1.19 bits per heavy atom. The van der Waals surface area contributed by atoms with Crippen LogP contribution in [0.4, 0.5) is 5.69 Å². The fraction of sp³-hybridized carbons (Fsp3) is 0.250. The van der Waals surface area contributed by atoms with Crippen molar-refractivity contribution in [1.29, 1.82) is 0 Å². The van der Waals surface area contributed by atoms with Crippen molar-refractivity contribution < 1.29 is 9.59 Å². The number of hydrogen-bond acceptors (Lipinski definition) is 3. The van der Waals surface area contributed by atoms with Crippen molar-refractivity contribution in [3.8, 4) is 0 Å². The van der Waals surface area contributed by atoms with Gasteiger partial charge in [0.2, 0.25) is 5.91 Å². The van der Waals surface area contributed by atoms with Crippen LogP contribution >= 0.6 is 11.3 Å². The predicted molar refractivity (Wildman–Crippen MR) is 85.4 cm³/mol. The van der Waals surface area contributed by atoms with Gasteiger partial charge in [0.25, 0.3) is 5.91 Å². The highest BCUT2D eigenvalue weighted by atomic mass is 32.1. The summed E-state index contributed by atoms with van der Waals surface area (Å²) < 4.78 is 0. The molecule has 4 nitrogen and oxygen atoms in total. The highest BCUT2D eigenvalue weighted by molar-refractivity contribution is 7.12. The molecule has 2 N–H and O–H groups in total. The fourth-order valence-corrected chi connectivity index (χ4v) is 2.36. The molecule has 5 heteroatoms. The van der Waals surface area contributed by atoms with E-state index in [-0.39, 0.29) is 17.7 Å². The summed E-state index contributed by atoms with van der Waals surface area (Å²) in [5.41, 5.74) is 1.69. The van der Waals surface area contributed by atoms with Crippen LogP contribution in [0.3, 0.4) is 0 Å². The molecule has 1 aromatic carbocycles. The zero-order valence-electron chi connectivity index (χ0n) is 12.1. The van der Waals surface area contributed by atoms with Gasteiger partial charge in [0.05, 0.1) is 4.88 Å². The Labute approximate surface area is 128 Å². The van der Waals surface area contributed by atoms with E-state index in [2.05, 4.69) is 10.6 Å². The van der Waals surface area contributed by atoms with Crippen molar-refractivity contribution in [2.45, 2.75) is 20.4 Å². The molecule has 1 heterocycles. The molecule has 0 aliphatic heterocycles. The van der Waals surface area contributed by atoms with Crippen molar-refractivity contribution in [3.05, 3.63) is 52.2 Å². The summed E-state index contributed by atoms with van der Waals surface area (Å²) in [6.45, 7) is 4.13. The maximum atomic E-state index is 11.9. The quantitative estimate of drug-likeness (QED) is 0.890. The van der Waals surface area contributed by atoms with E-state index in [0.29, 0.717) is 11.4 Å². The minimum absolute atomic E-state index is 0.0187. The van der Waals surface area contributed by atoms with Crippen molar-refractivity contribution in [2.75, 3.05) is 5.32 Å². The van der Waals surface area contributed by atoms with Crippen LogP contribution in [0.25, 0.3) is 0 Å². The normalized spacial score (nSPS) is 10.4. The van der Waals surface area contributed by atoms with Gasteiger partial charge in [0.15, 0.2) is 0 Å².